The minimum Gasteiger partial charge on any atom is -0.272 e. The Hall–Kier alpha value is -3.71. The lowest BCUT2D eigenvalue weighted by molar-refractivity contribution is -0.118. The molecule has 0 bridgehead atoms. The number of carbonyl (C=O) groups excluding carboxylic acids is 1. The maximum atomic E-state index is 13.3. The molecular formula is C25H22N4O2S. The molecule has 1 amide bonds. The van der Waals surface area contributed by atoms with Crippen LogP contribution in [-0.4, -0.2) is 26.9 Å². The van der Waals surface area contributed by atoms with Crippen molar-refractivity contribution in [2.75, 3.05) is 5.75 Å². The van der Waals surface area contributed by atoms with E-state index < -0.39 is 0 Å². The number of carbonyl (C=O) groups is 1. The van der Waals surface area contributed by atoms with E-state index in [2.05, 4.69) is 15.5 Å². The number of hydrogen-bond acceptors (Lipinski definition) is 5. The van der Waals surface area contributed by atoms with Gasteiger partial charge in [0.1, 0.15) is 0 Å². The number of aromatic nitrogens is 2. The normalized spacial score (nSPS) is 11.5. The Bertz CT molecular complexity index is 1360. The SMILES string of the molecule is C/C(=N/NC(=O)CSc1nc2ccccc2c(=O)n1-c1ccccc1C)c1ccccc1. The van der Waals surface area contributed by atoms with E-state index >= 15 is 0 Å². The van der Waals surface area contributed by atoms with Crippen LogP contribution >= 0.6 is 11.8 Å². The van der Waals surface area contributed by atoms with Crippen molar-refractivity contribution in [3.05, 3.63) is 100 Å². The molecule has 0 atom stereocenters. The van der Waals surface area contributed by atoms with Crippen LogP contribution in [0, 0.1) is 6.92 Å². The maximum absolute atomic E-state index is 13.3. The monoisotopic (exact) mass is 442 g/mol. The van der Waals surface area contributed by atoms with E-state index in [4.69, 9.17) is 0 Å². The average molecular weight is 443 g/mol. The van der Waals surface area contributed by atoms with Gasteiger partial charge in [0.15, 0.2) is 5.16 Å². The number of benzene rings is 3. The predicted molar refractivity (Wildman–Crippen MR) is 130 cm³/mol. The predicted octanol–water partition coefficient (Wildman–Crippen LogP) is 4.33. The maximum Gasteiger partial charge on any atom is 0.266 e. The van der Waals surface area contributed by atoms with Crippen molar-refractivity contribution >= 4 is 34.3 Å². The average Bonchev–Trinajstić information content (AvgIpc) is 2.82. The van der Waals surface area contributed by atoms with Gasteiger partial charge < -0.3 is 0 Å². The van der Waals surface area contributed by atoms with Crippen LogP contribution in [0.25, 0.3) is 16.6 Å². The highest BCUT2D eigenvalue weighted by atomic mass is 32.2. The number of rotatable bonds is 6. The lowest BCUT2D eigenvalue weighted by Gasteiger charge is -2.14. The molecular weight excluding hydrogens is 420 g/mol. The Morgan fingerprint density at radius 1 is 1.00 bits per heavy atom. The van der Waals surface area contributed by atoms with Gasteiger partial charge in [0.2, 0.25) is 0 Å². The van der Waals surface area contributed by atoms with E-state index in [-0.39, 0.29) is 17.2 Å². The van der Waals surface area contributed by atoms with E-state index in [1.807, 2.05) is 80.6 Å². The smallest absolute Gasteiger partial charge is 0.266 e. The summed E-state index contributed by atoms with van der Waals surface area (Å²) in [5.74, 6) is -0.202. The van der Waals surface area contributed by atoms with Crippen molar-refractivity contribution in [3.8, 4) is 5.69 Å². The largest absolute Gasteiger partial charge is 0.272 e. The molecule has 0 spiro atoms. The van der Waals surface area contributed by atoms with Gasteiger partial charge in [-0.15, -0.1) is 0 Å². The first-order valence-electron chi connectivity index (χ1n) is 10.1. The number of amides is 1. The summed E-state index contributed by atoms with van der Waals surface area (Å²) in [4.78, 5) is 30.4. The molecule has 0 aliphatic rings. The minimum atomic E-state index is -0.274. The summed E-state index contributed by atoms with van der Waals surface area (Å²) in [5, 5.41) is 5.18. The molecule has 0 aliphatic heterocycles. The van der Waals surface area contributed by atoms with E-state index in [9.17, 15) is 9.59 Å². The summed E-state index contributed by atoms with van der Waals surface area (Å²) >= 11 is 1.21. The molecule has 0 saturated carbocycles. The summed E-state index contributed by atoms with van der Waals surface area (Å²) in [5.41, 5.74) is 6.37. The molecule has 6 nitrogen and oxygen atoms in total. The van der Waals surface area contributed by atoms with Crippen molar-refractivity contribution in [2.24, 2.45) is 5.10 Å². The topological polar surface area (TPSA) is 76.3 Å². The molecule has 1 heterocycles. The highest BCUT2D eigenvalue weighted by Gasteiger charge is 2.15. The number of hydrogen-bond donors (Lipinski definition) is 1. The van der Waals surface area contributed by atoms with Gasteiger partial charge in [-0.1, -0.05) is 72.4 Å². The van der Waals surface area contributed by atoms with Crippen LogP contribution in [0.15, 0.2) is 93.9 Å². The first kappa shape index (κ1) is 21.5. The summed E-state index contributed by atoms with van der Waals surface area (Å²) in [6, 6.07) is 24.5. The number of nitrogens with one attached hydrogen (secondary N) is 1. The molecule has 7 heteroatoms. The molecule has 0 unspecified atom stereocenters. The summed E-state index contributed by atoms with van der Waals surface area (Å²) < 4.78 is 1.58. The van der Waals surface area contributed by atoms with E-state index in [1.54, 1.807) is 16.7 Å². The molecule has 0 radical (unpaired) electrons. The summed E-state index contributed by atoms with van der Waals surface area (Å²) in [6.07, 6.45) is 0. The summed E-state index contributed by atoms with van der Waals surface area (Å²) in [7, 11) is 0. The molecule has 0 fully saturated rings. The van der Waals surface area contributed by atoms with E-state index in [0.717, 1.165) is 16.8 Å². The number of thioether (sulfide) groups is 1. The van der Waals surface area contributed by atoms with Crippen molar-refractivity contribution in [3.63, 3.8) is 0 Å². The number of para-hydroxylation sites is 2. The van der Waals surface area contributed by atoms with Crippen LogP contribution in [0.4, 0.5) is 0 Å². The molecule has 0 saturated heterocycles. The van der Waals surface area contributed by atoms with Gasteiger partial charge in [-0.2, -0.15) is 5.10 Å². The highest BCUT2D eigenvalue weighted by Crippen LogP contribution is 2.23. The fourth-order valence-electron chi connectivity index (χ4n) is 3.29. The summed E-state index contributed by atoms with van der Waals surface area (Å²) in [6.45, 7) is 3.78. The number of nitrogens with zero attached hydrogens (tertiary/aromatic N) is 3. The van der Waals surface area contributed by atoms with Gasteiger partial charge in [0, 0.05) is 0 Å². The van der Waals surface area contributed by atoms with Gasteiger partial charge in [0.25, 0.3) is 11.5 Å². The zero-order valence-corrected chi connectivity index (χ0v) is 18.6. The molecule has 160 valence electrons. The van der Waals surface area contributed by atoms with Gasteiger partial charge in [0.05, 0.1) is 28.1 Å². The van der Waals surface area contributed by atoms with Crippen LogP contribution in [0.1, 0.15) is 18.1 Å². The Morgan fingerprint density at radius 2 is 1.69 bits per heavy atom. The van der Waals surface area contributed by atoms with E-state index in [1.165, 1.54) is 11.8 Å². The molecule has 0 aliphatic carbocycles. The Labute approximate surface area is 190 Å². The Kier molecular flexibility index (Phi) is 6.47. The third-order valence-corrected chi connectivity index (χ3v) is 5.91. The third-order valence-electron chi connectivity index (χ3n) is 4.97. The second-order valence-electron chi connectivity index (χ2n) is 7.23. The van der Waals surface area contributed by atoms with Crippen LogP contribution in [0.3, 0.4) is 0 Å². The number of hydrazone groups is 1. The second kappa shape index (κ2) is 9.62. The zero-order chi connectivity index (χ0) is 22.5. The fraction of sp³-hybridized carbons (Fsp3) is 0.120. The molecule has 1 aromatic heterocycles. The quantitative estimate of drug-likeness (QED) is 0.209. The Balaban J connectivity index is 1.61. The zero-order valence-electron chi connectivity index (χ0n) is 17.8. The standard InChI is InChI=1S/C25H22N4O2S/c1-17-10-6-9-15-22(17)29-24(31)20-13-7-8-14-21(20)26-25(29)32-16-23(30)28-27-18(2)19-11-4-3-5-12-19/h3-15H,16H2,1-2H3,(H,28,30)/b27-18-. The van der Waals surface area contributed by atoms with Crippen molar-refractivity contribution in [1.29, 1.82) is 0 Å². The van der Waals surface area contributed by atoms with E-state index in [0.29, 0.717) is 21.8 Å². The highest BCUT2D eigenvalue weighted by molar-refractivity contribution is 7.99. The molecule has 1 N–H and O–H groups in total. The number of aryl methyl sites for hydroxylation is 1. The van der Waals surface area contributed by atoms with Gasteiger partial charge in [-0.25, -0.2) is 10.4 Å². The third kappa shape index (κ3) is 4.63. The first-order valence-corrected chi connectivity index (χ1v) is 11.1. The molecule has 4 aromatic rings. The first-order chi connectivity index (χ1) is 15.5. The lowest BCUT2D eigenvalue weighted by atomic mass is 10.1. The molecule has 4 rings (SSSR count). The van der Waals surface area contributed by atoms with Crippen LogP contribution in [0.2, 0.25) is 0 Å². The van der Waals surface area contributed by atoms with Gasteiger partial charge >= 0.3 is 0 Å². The van der Waals surface area contributed by atoms with Crippen molar-refractivity contribution in [2.45, 2.75) is 19.0 Å². The van der Waals surface area contributed by atoms with Crippen molar-refractivity contribution < 1.29 is 4.79 Å². The molecule has 3 aromatic carbocycles. The lowest BCUT2D eigenvalue weighted by Crippen LogP contribution is -2.25. The fourth-order valence-corrected chi connectivity index (χ4v) is 4.09. The van der Waals surface area contributed by atoms with Gasteiger partial charge in [-0.3, -0.25) is 14.2 Å². The Morgan fingerprint density at radius 3 is 2.47 bits per heavy atom. The van der Waals surface area contributed by atoms with Gasteiger partial charge in [-0.05, 0) is 43.2 Å². The van der Waals surface area contributed by atoms with Crippen LogP contribution in [-0.2, 0) is 4.79 Å². The molecule has 32 heavy (non-hydrogen) atoms. The van der Waals surface area contributed by atoms with Crippen LogP contribution < -0.4 is 11.0 Å². The minimum absolute atomic E-state index is 0.0717. The van der Waals surface area contributed by atoms with Crippen molar-refractivity contribution in [1.82, 2.24) is 15.0 Å². The second-order valence-corrected chi connectivity index (χ2v) is 8.17. The van der Waals surface area contributed by atoms with Crippen LogP contribution in [0.5, 0.6) is 0 Å². The number of fused-ring (bicyclic) bond motifs is 1.